The van der Waals surface area contributed by atoms with Crippen LogP contribution >= 0.6 is 11.3 Å². The van der Waals surface area contributed by atoms with Gasteiger partial charge in [0.2, 0.25) is 0 Å². The molecule has 0 spiro atoms. The number of carboxylic acid groups (broad SMARTS) is 1. The number of aromatic nitrogens is 3. The maximum absolute atomic E-state index is 10.8. The van der Waals surface area contributed by atoms with Crippen LogP contribution in [0, 0.1) is 6.92 Å². The number of para-hydroxylation sites is 2. The highest BCUT2D eigenvalue weighted by atomic mass is 32.1. The van der Waals surface area contributed by atoms with Gasteiger partial charge in [0.1, 0.15) is 5.69 Å². The molecular weight excluding hydrogens is 274 g/mol. The molecule has 3 aromatic rings. The third-order valence-electron chi connectivity index (χ3n) is 3.05. The lowest BCUT2D eigenvalue weighted by Gasteiger charge is -2.05. The van der Waals surface area contributed by atoms with Gasteiger partial charge in [-0.15, -0.1) is 11.3 Å². The van der Waals surface area contributed by atoms with Crippen molar-refractivity contribution < 1.29 is 9.90 Å². The van der Waals surface area contributed by atoms with E-state index in [1.54, 1.807) is 11.3 Å². The zero-order valence-electron chi connectivity index (χ0n) is 10.9. The number of aryl methyl sites for hydroxylation is 2. The smallest absolute Gasteiger partial charge is 0.305 e. The molecule has 20 heavy (non-hydrogen) atoms. The molecule has 0 fully saturated rings. The van der Waals surface area contributed by atoms with Crippen molar-refractivity contribution in [1.82, 2.24) is 14.5 Å². The molecule has 102 valence electrons. The molecule has 5 nitrogen and oxygen atoms in total. The lowest BCUT2D eigenvalue weighted by atomic mass is 10.3. The summed E-state index contributed by atoms with van der Waals surface area (Å²) in [6.07, 6.45) is 0.0659. The van der Waals surface area contributed by atoms with Crippen molar-refractivity contribution in [3.63, 3.8) is 0 Å². The summed E-state index contributed by atoms with van der Waals surface area (Å²) in [5.41, 5.74) is 2.60. The van der Waals surface area contributed by atoms with E-state index in [1.807, 2.05) is 41.1 Å². The Labute approximate surface area is 119 Å². The van der Waals surface area contributed by atoms with Crippen LogP contribution in [-0.2, 0) is 11.3 Å². The Kier molecular flexibility index (Phi) is 3.23. The maximum Gasteiger partial charge on any atom is 0.305 e. The highest BCUT2D eigenvalue weighted by Gasteiger charge is 2.15. The molecular formula is C14H13N3O2S. The van der Waals surface area contributed by atoms with Gasteiger partial charge in [0.05, 0.1) is 22.5 Å². The molecule has 1 aromatic carbocycles. The third kappa shape index (κ3) is 2.30. The molecule has 0 aliphatic carbocycles. The normalized spacial score (nSPS) is 11.1. The number of thiazole rings is 1. The molecule has 0 saturated carbocycles. The van der Waals surface area contributed by atoms with Crippen LogP contribution in [-0.4, -0.2) is 25.6 Å². The van der Waals surface area contributed by atoms with E-state index in [-0.39, 0.29) is 6.42 Å². The topological polar surface area (TPSA) is 68.0 Å². The van der Waals surface area contributed by atoms with Crippen molar-refractivity contribution in [2.45, 2.75) is 19.9 Å². The van der Waals surface area contributed by atoms with Gasteiger partial charge in [0, 0.05) is 11.9 Å². The molecule has 0 aliphatic heterocycles. The summed E-state index contributed by atoms with van der Waals surface area (Å²) in [4.78, 5) is 19.9. The number of carbonyl (C=O) groups is 1. The van der Waals surface area contributed by atoms with E-state index in [0.717, 1.165) is 27.6 Å². The number of rotatable bonds is 4. The quantitative estimate of drug-likeness (QED) is 0.801. The Hall–Kier alpha value is -2.21. The van der Waals surface area contributed by atoms with Crippen molar-refractivity contribution in [3.05, 3.63) is 34.7 Å². The van der Waals surface area contributed by atoms with Crippen LogP contribution in [0.25, 0.3) is 22.6 Å². The average molecular weight is 287 g/mol. The fraction of sp³-hybridized carbons (Fsp3) is 0.214. The Balaban J connectivity index is 2.14. The molecule has 6 heteroatoms. The molecule has 3 rings (SSSR count). The molecule has 1 N–H and O–H groups in total. The molecule has 2 aromatic heterocycles. The molecule has 0 aliphatic rings. The minimum atomic E-state index is -0.816. The molecule has 2 heterocycles. The molecule has 0 amide bonds. The number of hydrogen-bond acceptors (Lipinski definition) is 4. The van der Waals surface area contributed by atoms with Crippen molar-refractivity contribution in [2.24, 2.45) is 0 Å². The third-order valence-corrected chi connectivity index (χ3v) is 3.83. The molecule has 0 atom stereocenters. The summed E-state index contributed by atoms with van der Waals surface area (Å²) >= 11 is 1.56. The molecule has 0 bridgehead atoms. The zero-order valence-corrected chi connectivity index (χ0v) is 11.7. The van der Waals surface area contributed by atoms with E-state index in [9.17, 15) is 4.79 Å². The van der Waals surface area contributed by atoms with E-state index in [1.165, 1.54) is 0 Å². The van der Waals surface area contributed by atoms with Crippen LogP contribution in [0.4, 0.5) is 0 Å². The molecule has 0 radical (unpaired) electrons. The number of benzene rings is 1. The van der Waals surface area contributed by atoms with Gasteiger partial charge in [-0.1, -0.05) is 12.1 Å². The fourth-order valence-electron chi connectivity index (χ4n) is 2.17. The Morgan fingerprint density at radius 1 is 1.35 bits per heavy atom. The monoisotopic (exact) mass is 287 g/mol. The molecule has 0 unspecified atom stereocenters. The first-order chi connectivity index (χ1) is 9.65. The largest absolute Gasteiger partial charge is 0.481 e. The second kappa shape index (κ2) is 5.05. The van der Waals surface area contributed by atoms with E-state index in [0.29, 0.717) is 6.54 Å². The second-order valence-corrected chi connectivity index (χ2v) is 5.53. The van der Waals surface area contributed by atoms with Gasteiger partial charge >= 0.3 is 5.97 Å². The van der Waals surface area contributed by atoms with Crippen LogP contribution in [0.15, 0.2) is 29.6 Å². The van der Waals surface area contributed by atoms with Crippen LogP contribution in [0.2, 0.25) is 0 Å². The summed E-state index contributed by atoms with van der Waals surface area (Å²) in [7, 11) is 0. The summed E-state index contributed by atoms with van der Waals surface area (Å²) in [6.45, 7) is 2.33. The summed E-state index contributed by atoms with van der Waals surface area (Å²) in [5, 5.41) is 11.8. The van der Waals surface area contributed by atoms with E-state index in [2.05, 4.69) is 9.97 Å². The van der Waals surface area contributed by atoms with Crippen LogP contribution in [0.3, 0.4) is 0 Å². The first kappa shape index (κ1) is 12.8. The van der Waals surface area contributed by atoms with Gasteiger partial charge in [-0.3, -0.25) is 4.79 Å². The van der Waals surface area contributed by atoms with Gasteiger partial charge in [-0.25, -0.2) is 9.97 Å². The van der Waals surface area contributed by atoms with Gasteiger partial charge in [-0.2, -0.15) is 0 Å². The summed E-state index contributed by atoms with van der Waals surface area (Å²) in [6, 6.07) is 7.73. The molecule has 0 saturated heterocycles. The number of carboxylic acids is 1. The number of aliphatic carboxylic acids is 1. The Morgan fingerprint density at radius 2 is 2.15 bits per heavy atom. The van der Waals surface area contributed by atoms with E-state index in [4.69, 9.17) is 5.11 Å². The highest BCUT2D eigenvalue weighted by molar-refractivity contribution is 7.09. The number of fused-ring (bicyclic) bond motifs is 1. The van der Waals surface area contributed by atoms with E-state index >= 15 is 0 Å². The van der Waals surface area contributed by atoms with Crippen LogP contribution in [0.5, 0.6) is 0 Å². The number of nitrogens with zero attached hydrogens (tertiary/aromatic N) is 3. The minimum absolute atomic E-state index is 0.0659. The van der Waals surface area contributed by atoms with Gasteiger partial charge in [-0.05, 0) is 19.1 Å². The second-order valence-electron chi connectivity index (χ2n) is 4.47. The Bertz CT molecular complexity index is 776. The predicted molar refractivity (Wildman–Crippen MR) is 77.8 cm³/mol. The van der Waals surface area contributed by atoms with Gasteiger partial charge < -0.3 is 9.67 Å². The predicted octanol–water partition coefficient (Wildman–Crippen LogP) is 2.94. The first-order valence-corrected chi connectivity index (χ1v) is 7.12. The zero-order chi connectivity index (χ0) is 14.1. The van der Waals surface area contributed by atoms with Crippen LogP contribution in [0.1, 0.15) is 11.4 Å². The van der Waals surface area contributed by atoms with E-state index < -0.39 is 5.97 Å². The summed E-state index contributed by atoms with van der Waals surface area (Å²) < 4.78 is 1.93. The number of imidazole rings is 1. The average Bonchev–Trinajstić information content (AvgIpc) is 2.99. The standard InChI is InChI=1S/C14H13N3O2S/c1-9-15-11(8-20-9)14-16-10-4-2-3-5-12(10)17(14)7-6-13(18)19/h2-5,8H,6-7H2,1H3,(H,18,19). The number of hydrogen-bond donors (Lipinski definition) is 1. The minimum Gasteiger partial charge on any atom is -0.481 e. The highest BCUT2D eigenvalue weighted by Crippen LogP contribution is 2.26. The lowest BCUT2D eigenvalue weighted by molar-refractivity contribution is -0.137. The van der Waals surface area contributed by atoms with Crippen LogP contribution < -0.4 is 0 Å². The Morgan fingerprint density at radius 3 is 2.85 bits per heavy atom. The first-order valence-electron chi connectivity index (χ1n) is 6.25. The van der Waals surface area contributed by atoms with Crippen molar-refractivity contribution in [3.8, 4) is 11.5 Å². The SMILES string of the molecule is Cc1nc(-c2nc3ccccc3n2CCC(=O)O)cs1. The van der Waals surface area contributed by atoms with Crippen molar-refractivity contribution in [1.29, 1.82) is 0 Å². The van der Waals surface area contributed by atoms with Gasteiger partial charge in [0.25, 0.3) is 0 Å². The maximum atomic E-state index is 10.8. The van der Waals surface area contributed by atoms with Gasteiger partial charge in [0.15, 0.2) is 5.82 Å². The lowest BCUT2D eigenvalue weighted by Crippen LogP contribution is -2.06. The van der Waals surface area contributed by atoms with Crippen molar-refractivity contribution in [2.75, 3.05) is 0 Å². The summed E-state index contributed by atoms with van der Waals surface area (Å²) in [5.74, 6) is -0.0833. The fourth-order valence-corrected chi connectivity index (χ4v) is 2.76. The van der Waals surface area contributed by atoms with Crippen molar-refractivity contribution >= 4 is 28.3 Å².